The maximum Gasteiger partial charge on any atom is 0.254 e. The van der Waals surface area contributed by atoms with Crippen LogP contribution in [0.15, 0.2) is 78.0 Å². The third-order valence-electron chi connectivity index (χ3n) is 7.44. The van der Waals surface area contributed by atoms with Crippen LogP contribution in [0.2, 0.25) is 0 Å². The van der Waals surface area contributed by atoms with Crippen LogP contribution >= 0.6 is 11.8 Å². The van der Waals surface area contributed by atoms with Crippen molar-refractivity contribution in [1.29, 1.82) is 0 Å². The van der Waals surface area contributed by atoms with Gasteiger partial charge in [-0.25, -0.2) is 9.37 Å². The number of fused-ring (bicyclic) bond motifs is 3. The zero-order valence-corrected chi connectivity index (χ0v) is 23.6. The van der Waals surface area contributed by atoms with Crippen LogP contribution < -0.4 is 0 Å². The molecule has 0 radical (unpaired) electrons. The Hall–Kier alpha value is -4.31. The molecule has 208 valence electrons. The highest BCUT2D eigenvalue weighted by atomic mass is 32.2. The number of hydrogen-bond donors (Lipinski definition) is 0. The number of aryl methyl sites for hydroxylation is 1. The molecule has 0 N–H and O–H groups in total. The van der Waals surface area contributed by atoms with Gasteiger partial charge in [0.1, 0.15) is 11.3 Å². The number of amides is 2. The van der Waals surface area contributed by atoms with E-state index in [-0.39, 0.29) is 29.4 Å². The van der Waals surface area contributed by atoms with Crippen molar-refractivity contribution in [3.63, 3.8) is 0 Å². The van der Waals surface area contributed by atoms with Crippen LogP contribution in [0.5, 0.6) is 0 Å². The van der Waals surface area contributed by atoms with Crippen molar-refractivity contribution >= 4 is 45.6 Å². The van der Waals surface area contributed by atoms with Gasteiger partial charge in [-0.05, 0) is 55.8 Å². The molecule has 1 atom stereocenters. The molecule has 1 unspecified atom stereocenters. The van der Waals surface area contributed by atoms with E-state index < -0.39 is 0 Å². The normalized spacial score (nSPS) is 15.5. The van der Waals surface area contributed by atoms with Crippen molar-refractivity contribution in [3.05, 3.63) is 95.3 Å². The molecule has 10 heteroatoms. The van der Waals surface area contributed by atoms with E-state index in [0.29, 0.717) is 36.9 Å². The van der Waals surface area contributed by atoms with Gasteiger partial charge in [0.25, 0.3) is 5.91 Å². The molecule has 1 aliphatic heterocycles. The summed E-state index contributed by atoms with van der Waals surface area (Å²) in [5.41, 5.74) is 5.24. The SMILES string of the molecule is Cc1ccc2c(c1)c1nnc(SCC(=O)N3CCN(C(=O)c4ccc(F)cc4)C(C)C3)nc1n2Cc1ccccc1. The number of thioether (sulfide) groups is 1. The second-order valence-electron chi connectivity index (χ2n) is 10.3. The van der Waals surface area contributed by atoms with Crippen LogP contribution in [-0.4, -0.2) is 72.8 Å². The molecule has 5 aromatic rings. The fourth-order valence-electron chi connectivity index (χ4n) is 5.30. The summed E-state index contributed by atoms with van der Waals surface area (Å²) in [6.45, 7) is 5.88. The van der Waals surface area contributed by atoms with Gasteiger partial charge < -0.3 is 14.4 Å². The monoisotopic (exact) mass is 568 g/mol. The van der Waals surface area contributed by atoms with Crippen LogP contribution in [-0.2, 0) is 11.3 Å². The standard InChI is InChI=1S/C31H29FN6O2S/c1-20-8-13-26-25(16-20)28-29(38(26)18-22-6-4-3-5-7-22)33-31(35-34-28)41-19-27(39)36-14-15-37(21(2)17-36)30(40)23-9-11-24(32)12-10-23/h3-13,16,21H,14-15,17-19H2,1-2H3. The van der Waals surface area contributed by atoms with Gasteiger partial charge in [-0.3, -0.25) is 9.59 Å². The van der Waals surface area contributed by atoms with Gasteiger partial charge in [0.05, 0.1) is 11.3 Å². The second kappa shape index (κ2) is 11.3. The van der Waals surface area contributed by atoms with E-state index in [2.05, 4.69) is 52.0 Å². The molecular formula is C31H29FN6O2S. The average Bonchev–Trinajstić information content (AvgIpc) is 3.28. The molecule has 1 saturated heterocycles. The van der Waals surface area contributed by atoms with E-state index >= 15 is 0 Å². The number of aromatic nitrogens is 4. The fourth-order valence-corrected chi connectivity index (χ4v) is 5.99. The highest BCUT2D eigenvalue weighted by Crippen LogP contribution is 2.29. The molecule has 0 spiro atoms. The summed E-state index contributed by atoms with van der Waals surface area (Å²) < 4.78 is 15.4. The lowest BCUT2D eigenvalue weighted by Crippen LogP contribution is -2.55. The lowest BCUT2D eigenvalue weighted by atomic mass is 10.1. The molecule has 2 aromatic heterocycles. The zero-order valence-electron chi connectivity index (χ0n) is 22.8. The summed E-state index contributed by atoms with van der Waals surface area (Å²) in [5.74, 6) is -0.412. The first-order valence-electron chi connectivity index (χ1n) is 13.5. The minimum absolute atomic E-state index is 0.0418. The Bertz CT molecular complexity index is 1740. The highest BCUT2D eigenvalue weighted by molar-refractivity contribution is 7.99. The molecule has 6 rings (SSSR count). The van der Waals surface area contributed by atoms with Crippen molar-refractivity contribution in [3.8, 4) is 0 Å². The fraction of sp³-hybridized carbons (Fsp3) is 0.258. The largest absolute Gasteiger partial charge is 0.338 e. The van der Waals surface area contributed by atoms with Gasteiger partial charge in [-0.1, -0.05) is 53.7 Å². The Balaban J connectivity index is 1.16. The van der Waals surface area contributed by atoms with Crippen molar-refractivity contribution < 1.29 is 14.0 Å². The number of carbonyl (C=O) groups excluding carboxylic acids is 2. The van der Waals surface area contributed by atoms with E-state index in [4.69, 9.17) is 4.98 Å². The van der Waals surface area contributed by atoms with Crippen LogP contribution in [0.3, 0.4) is 0 Å². The number of carbonyl (C=O) groups is 2. The second-order valence-corrected chi connectivity index (χ2v) is 11.3. The van der Waals surface area contributed by atoms with Crippen molar-refractivity contribution in [2.45, 2.75) is 31.6 Å². The minimum atomic E-state index is -0.381. The van der Waals surface area contributed by atoms with E-state index in [1.54, 1.807) is 9.80 Å². The molecule has 0 bridgehead atoms. The molecule has 1 fully saturated rings. The van der Waals surface area contributed by atoms with Crippen molar-refractivity contribution in [1.82, 2.24) is 29.5 Å². The summed E-state index contributed by atoms with van der Waals surface area (Å²) in [5, 5.41) is 10.3. The first-order chi connectivity index (χ1) is 19.9. The van der Waals surface area contributed by atoms with Crippen LogP contribution in [0.1, 0.15) is 28.4 Å². The molecule has 8 nitrogen and oxygen atoms in total. The molecule has 0 aliphatic carbocycles. The number of benzene rings is 3. The van der Waals surface area contributed by atoms with Crippen molar-refractivity contribution in [2.24, 2.45) is 0 Å². The molecule has 3 heterocycles. The summed E-state index contributed by atoms with van der Waals surface area (Å²) in [7, 11) is 0. The van der Waals surface area contributed by atoms with Crippen LogP contribution in [0, 0.1) is 12.7 Å². The predicted molar refractivity (Wildman–Crippen MR) is 157 cm³/mol. The van der Waals surface area contributed by atoms with Crippen LogP contribution in [0.25, 0.3) is 22.1 Å². The van der Waals surface area contributed by atoms with Gasteiger partial charge in [-0.2, -0.15) is 0 Å². The first-order valence-corrected chi connectivity index (χ1v) is 14.5. The number of hydrogen-bond acceptors (Lipinski definition) is 6. The summed E-state index contributed by atoms with van der Waals surface area (Å²) in [4.78, 5) is 34.4. The third-order valence-corrected chi connectivity index (χ3v) is 8.27. The lowest BCUT2D eigenvalue weighted by molar-refractivity contribution is -0.130. The molecule has 1 aliphatic rings. The Labute approximate surface area is 241 Å². The zero-order chi connectivity index (χ0) is 28.5. The molecular weight excluding hydrogens is 539 g/mol. The Morgan fingerprint density at radius 2 is 1.78 bits per heavy atom. The van der Waals surface area contributed by atoms with E-state index in [1.165, 1.54) is 36.0 Å². The first kappa shape index (κ1) is 26.9. The minimum Gasteiger partial charge on any atom is -0.338 e. The van der Waals surface area contributed by atoms with Gasteiger partial charge in [-0.15, -0.1) is 10.2 Å². The molecule has 2 amide bonds. The quantitative estimate of drug-likeness (QED) is 0.270. The summed E-state index contributed by atoms with van der Waals surface area (Å²) in [6, 6.07) is 21.9. The Kier molecular flexibility index (Phi) is 7.40. The van der Waals surface area contributed by atoms with Gasteiger partial charge in [0.15, 0.2) is 5.65 Å². The Morgan fingerprint density at radius 1 is 1.00 bits per heavy atom. The smallest absolute Gasteiger partial charge is 0.254 e. The third kappa shape index (κ3) is 5.52. The number of rotatable bonds is 6. The number of nitrogens with zero attached hydrogens (tertiary/aromatic N) is 6. The topological polar surface area (TPSA) is 84.2 Å². The summed E-state index contributed by atoms with van der Waals surface area (Å²) in [6.07, 6.45) is 0. The van der Waals surface area contributed by atoms with Crippen LogP contribution in [0.4, 0.5) is 4.39 Å². The predicted octanol–water partition coefficient (Wildman–Crippen LogP) is 4.94. The van der Waals surface area contributed by atoms with Crippen molar-refractivity contribution in [2.75, 3.05) is 25.4 Å². The molecule has 41 heavy (non-hydrogen) atoms. The average molecular weight is 569 g/mol. The lowest BCUT2D eigenvalue weighted by Gasteiger charge is -2.40. The summed E-state index contributed by atoms with van der Waals surface area (Å²) >= 11 is 1.27. The van der Waals surface area contributed by atoms with E-state index in [0.717, 1.165) is 33.2 Å². The maximum atomic E-state index is 13.3. The Morgan fingerprint density at radius 3 is 2.54 bits per heavy atom. The maximum absolute atomic E-state index is 13.3. The van der Waals surface area contributed by atoms with Gasteiger partial charge >= 0.3 is 0 Å². The van der Waals surface area contributed by atoms with E-state index in [1.807, 2.05) is 25.1 Å². The van der Waals surface area contributed by atoms with Gasteiger partial charge in [0, 0.05) is 43.2 Å². The number of halogens is 1. The van der Waals surface area contributed by atoms with Gasteiger partial charge in [0.2, 0.25) is 11.1 Å². The molecule has 3 aromatic carbocycles. The highest BCUT2D eigenvalue weighted by Gasteiger charge is 2.30. The number of piperazine rings is 1. The van der Waals surface area contributed by atoms with E-state index in [9.17, 15) is 14.0 Å². The molecule has 0 saturated carbocycles.